The van der Waals surface area contributed by atoms with E-state index in [1.807, 2.05) is 39.7 Å². The fraction of sp³-hybridized carbons (Fsp3) is 0.448. The first-order valence-corrected chi connectivity index (χ1v) is 14.9. The van der Waals surface area contributed by atoms with Crippen molar-refractivity contribution in [2.75, 3.05) is 20.3 Å². The summed E-state index contributed by atoms with van der Waals surface area (Å²) in [4.78, 5) is 25.2. The van der Waals surface area contributed by atoms with Gasteiger partial charge in [-0.15, -0.1) is 0 Å². The van der Waals surface area contributed by atoms with Gasteiger partial charge in [-0.25, -0.2) is 9.59 Å². The largest absolute Gasteiger partial charge is 0.482 e. The molecule has 1 aromatic carbocycles. The molecule has 4 atom stereocenters. The van der Waals surface area contributed by atoms with Gasteiger partial charge < -0.3 is 23.8 Å². The summed E-state index contributed by atoms with van der Waals surface area (Å²) in [6.45, 7) is 2.83. The van der Waals surface area contributed by atoms with Crippen molar-refractivity contribution in [1.29, 1.82) is 0 Å². The number of carbonyl (C=O) groups is 2. The van der Waals surface area contributed by atoms with Crippen LogP contribution in [0.15, 0.2) is 57.9 Å². The van der Waals surface area contributed by atoms with Gasteiger partial charge >= 0.3 is 11.9 Å². The average molecular weight is 557 g/mol. The topological polar surface area (TPSA) is 82.1 Å². The van der Waals surface area contributed by atoms with E-state index in [9.17, 15) is 14.7 Å². The van der Waals surface area contributed by atoms with E-state index in [0.717, 1.165) is 42.3 Å². The smallest absolute Gasteiger partial charge is 0.348 e. The Labute approximate surface area is 231 Å². The predicted molar refractivity (Wildman–Crippen MR) is 146 cm³/mol. The van der Waals surface area contributed by atoms with Crippen molar-refractivity contribution in [2.45, 2.75) is 62.9 Å². The van der Waals surface area contributed by atoms with E-state index in [1.165, 1.54) is 22.7 Å². The number of nitrogens with zero attached hydrogens (tertiary/aromatic N) is 1. The lowest BCUT2D eigenvalue weighted by Gasteiger charge is -2.47. The van der Waals surface area contributed by atoms with Gasteiger partial charge in [0.2, 0.25) is 5.60 Å². The first-order valence-electron chi connectivity index (χ1n) is 13.0. The van der Waals surface area contributed by atoms with E-state index in [0.29, 0.717) is 35.6 Å². The molecule has 7 nitrogen and oxygen atoms in total. The fourth-order valence-corrected chi connectivity index (χ4v) is 7.50. The van der Waals surface area contributed by atoms with Gasteiger partial charge in [-0.3, -0.25) is 0 Å². The zero-order valence-electron chi connectivity index (χ0n) is 21.7. The van der Waals surface area contributed by atoms with E-state index in [4.69, 9.17) is 14.2 Å². The molecule has 38 heavy (non-hydrogen) atoms. The lowest BCUT2D eigenvalue weighted by molar-refractivity contribution is -0.961. The van der Waals surface area contributed by atoms with Crippen LogP contribution < -0.4 is 4.74 Å². The van der Waals surface area contributed by atoms with Gasteiger partial charge in [0.15, 0.2) is 6.61 Å². The van der Waals surface area contributed by atoms with Gasteiger partial charge in [0, 0.05) is 42.4 Å². The first kappa shape index (κ1) is 26.9. The molecule has 1 N–H and O–H groups in total. The van der Waals surface area contributed by atoms with Gasteiger partial charge in [-0.05, 0) is 52.7 Å². The zero-order valence-corrected chi connectivity index (χ0v) is 23.3. The summed E-state index contributed by atoms with van der Waals surface area (Å²) in [5.74, 6) is -0.322. The molecule has 9 heteroatoms. The molecule has 2 fully saturated rings. The maximum atomic E-state index is 13.5. The highest BCUT2D eigenvalue weighted by Gasteiger charge is 2.53. The summed E-state index contributed by atoms with van der Waals surface area (Å²) in [5, 5.41) is 18.9. The Morgan fingerprint density at radius 1 is 1.05 bits per heavy atom. The Kier molecular flexibility index (Phi) is 7.90. The molecular formula is C29H34NO6S2+. The van der Waals surface area contributed by atoms with Crippen LogP contribution in [0.1, 0.15) is 49.3 Å². The van der Waals surface area contributed by atoms with Crippen molar-refractivity contribution >= 4 is 34.6 Å². The van der Waals surface area contributed by atoms with E-state index in [1.54, 1.807) is 19.1 Å². The highest BCUT2D eigenvalue weighted by molar-refractivity contribution is 7.08. The predicted octanol–water partition coefficient (Wildman–Crippen LogP) is 4.87. The first-order chi connectivity index (χ1) is 18.3. The molecule has 0 amide bonds. The Balaban J connectivity index is 1.26. The third kappa shape index (κ3) is 5.25. The number of fused-ring (bicyclic) bond motifs is 2. The average Bonchev–Trinajstić information content (AvgIpc) is 3.65. The molecule has 4 heterocycles. The summed E-state index contributed by atoms with van der Waals surface area (Å²) >= 11 is 2.89. The standard InChI is InChI=1S/C29H34NO6S2/c1-3-34-27(31)17-35-25-6-4-5-20(13-25)16-30(2)23-7-8-24(30)15-26(14-23)36-28(32)29(33,21-9-11-37-18-21)22-10-12-38-19-22/h4-6,9-13,18-19,23-24,26,33H,3,7-8,14-17H2,1-2H3/q+1/t23-,24+,26+,30-. The van der Waals surface area contributed by atoms with Crippen LogP contribution in [0.4, 0.5) is 0 Å². The number of thiophene rings is 2. The summed E-state index contributed by atoms with van der Waals surface area (Å²) in [5.41, 5.74) is 0.453. The second kappa shape index (κ2) is 11.2. The molecule has 5 rings (SSSR count). The molecule has 0 aliphatic carbocycles. The van der Waals surface area contributed by atoms with Crippen LogP contribution in [-0.2, 0) is 31.2 Å². The summed E-state index contributed by atoms with van der Waals surface area (Å²) in [7, 11) is 2.29. The van der Waals surface area contributed by atoms with Crippen LogP contribution in [-0.4, -0.2) is 60.0 Å². The fourth-order valence-electron chi connectivity index (χ4n) is 6.10. The van der Waals surface area contributed by atoms with Crippen molar-refractivity contribution in [3.05, 3.63) is 74.6 Å². The molecule has 2 aliphatic heterocycles. The third-order valence-electron chi connectivity index (χ3n) is 8.10. The molecule has 0 unspecified atom stereocenters. The second-order valence-corrected chi connectivity index (χ2v) is 11.9. The van der Waals surface area contributed by atoms with Crippen LogP contribution in [0, 0.1) is 0 Å². The number of benzene rings is 1. The number of hydrogen-bond acceptors (Lipinski definition) is 8. The molecular weight excluding hydrogens is 522 g/mol. The monoisotopic (exact) mass is 556 g/mol. The third-order valence-corrected chi connectivity index (χ3v) is 9.47. The van der Waals surface area contributed by atoms with Gasteiger partial charge in [-0.1, -0.05) is 12.1 Å². The van der Waals surface area contributed by atoms with Crippen molar-refractivity contribution in [2.24, 2.45) is 0 Å². The van der Waals surface area contributed by atoms with E-state index < -0.39 is 11.6 Å². The van der Waals surface area contributed by atoms with Gasteiger partial charge in [0.25, 0.3) is 0 Å². The number of hydrogen-bond donors (Lipinski definition) is 1. The molecule has 2 saturated heterocycles. The number of aliphatic hydroxyl groups is 1. The van der Waals surface area contributed by atoms with Crippen LogP contribution in [0.5, 0.6) is 5.75 Å². The van der Waals surface area contributed by atoms with Crippen molar-refractivity contribution in [3.63, 3.8) is 0 Å². The SMILES string of the molecule is CCOC(=O)COc1cccc(C[N@+]2(C)[C@@H]3CC[C@H]2C[C@@H](OC(=O)C(O)(c2ccsc2)c2ccsc2)C3)c1. The van der Waals surface area contributed by atoms with E-state index >= 15 is 0 Å². The Morgan fingerprint density at radius 3 is 2.29 bits per heavy atom. The molecule has 0 radical (unpaired) electrons. The lowest BCUT2D eigenvalue weighted by atomic mass is 9.89. The van der Waals surface area contributed by atoms with Crippen LogP contribution in [0.25, 0.3) is 0 Å². The summed E-state index contributed by atoms with van der Waals surface area (Å²) in [6, 6.07) is 12.2. The minimum Gasteiger partial charge on any atom is -0.482 e. The van der Waals surface area contributed by atoms with Crippen LogP contribution in [0.2, 0.25) is 0 Å². The molecule has 0 saturated carbocycles. The Bertz CT molecular complexity index is 1190. The molecule has 2 aliphatic rings. The normalized spacial score (nSPS) is 24.7. The minimum atomic E-state index is -1.79. The number of piperidine rings is 1. The molecule has 0 spiro atoms. The van der Waals surface area contributed by atoms with Crippen molar-refractivity contribution in [1.82, 2.24) is 0 Å². The number of esters is 2. The van der Waals surface area contributed by atoms with E-state index in [-0.39, 0.29) is 18.7 Å². The molecule has 3 aromatic rings. The Morgan fingerprint density at radius 2 is 1.71 bits per heavy atom. The number of quaternary nitrogens is 1. The highest BCUT2D eigenvalue weighted by atomic mass is 32.1. The van der Waals surface area contributed by atoms with Crippen LogP contribution >= 0.6 is 22.7 Å². The van der Waals surface area contributed by atoms with Gasteiger partial charge in [0.1, 0.15) is 18.4 Å². The van der Waals surface area contributed by atoms with Crippen LogP contribution in [0.3, 0.4) is 0 Å². The Hall–Kier alpha value is -2.72. The molecule has 2 bridgehead atoms. The summed E-state index contributed by atoms with van der Waals surface area (Å²) < 4.78 is 17.5. The van der Waals surface area contributed by atoms with Gasteiger partial charge in [0.05, 0.1) is 25.7 Å². The maximum absolute atomic E-state index is 13.5. The zero-order chi connectivity index (χ0) is 26.8. The quantitative estimate of drug-likeness (QED) is 0.283. The maximum Gasteiger partial charge on any atom is 0.348 e. The molecule has 202 valence electrons. The van der Waals surface area contributed by atoms with E-state index in [2.05, 4.69) is 13.1 Å². The second-order valence-electron chi connectivity index (χ2n) is 10.4. The molecule has 2 aromatic heterocycles. The number of ether oxygens (including phenoxy) is 3. The summed E-state index contributed by atoms with van der Waals surface area (Å²) in [6.07, 6.45) is 3.46. The van der Waals surface area contributed by atoms with Gasteiger partial charge in [-0.2, -0.15) is 22.7 Å². The highest BCUT2D eigenvalue weighted by Crippen LogP contribution is 2.44. The van der Waals surface area contributed by atoms with Crippen molar-refractivity contribution in [3.8, 4) is 5.75 Å². The number of rotatable bonds is 10. The lowest BCUT2D eigenvalue weighted by Crippen LogP contribution is -2.58. The number of carbonyl (C=O) groups excluding carboxylic acids is 2. The minimum absolute atomic E-state index is 0.106. The van der Waals surface area contributed by atoms with Crippen molar-refractivity contribution < 1.29 is 33.4 Å².